The summed E-state index contributed by atoms with van der Waals surface area (Å²) in [5.41, 5.74) is 0. The lowest BCUT2D eigenvalue weighted by molar-refractivity contribution is -0.220. The third-order valence-electron chi connectivity index (χ3n) is 10.5. The maximum atomic E-state index is 12.8. The molecule has 0 aromatic heterocycles. The van der Waals surface area contributed by atoms with Crippen LogP contribution in [0.5, 0.6) is 0 Å². The fourth-order valence-electron chi connectivity index (χ4n) is 6.69. The second-order valence-corrected chi connectivity index (χ2v) is 17.6. The van der Waals surface area contributed by atoms with E-state index in [0.29, 0.717) is 13.0 Å². The molecule has 13 heteroatoms. The molecule has 0 radical (unpaired) electrons. The van der Waals surface area contributed by atoms with Crippen molar-refractivity contribution in [3.8, 4) is 0 Å². The van der Waals surface area contributed by atoms with Crippen LogP contribution in [0.3, 0.4) is 0 Å². The Balaban J connectivity index is 2.41. The number of hydrogen-bond donors (Lipinski definition) is 6. The molecule has 1 aliphatic rings. The number of phosphoric acid groups is 1. The predicted molar refractivity (Wildman–Crippen MR) is 257 cm³/mol. The molecule has 12 nitrogen and oxygen atoms in total. The van der Waals surface area contributed by atoms with Crippen molar-refractivity contribution in [3.05, 3.63) is 97.2 Å². The molecule has 1 saturated carbocycles. The van der Waals surface area contributed by atoms with Gasteiger partial charge in [-0.25, -0.2) is 4.57 Å². The Bertz CT molecular complexity index is 1420. The van der Waals surface area contributed by atoms with Gasteiger partial charge in [0.1, 0.15) is 42.7 Å². The van der Waals surface area contributed by atoms with Crippen LogP contribution in [0, 0.1) is 0 Å². The minimum Gasteiger partial charge on any atom is -0.457 e. The quantitative estimate of drug-likeness (QED) is 0.0148. The van der Waals surface area contributed by atoms with Gasteiger partial charge in [0.2, 0.25) is 0 Å². The molecular formula is C51H85O12P. The fraction of sp³-hybridized carbons (Fsp3) is 0.667. The van der Waals surface area contributed by atoms with Crippen molar-refractivity contribution in [2.45, 2.75) is 198 Å². The molecule has 1 rings (SSSR count). The molecule has 0 spiro atoms. The van der Waals surface area contributed by atoms with Crippen molar-refractivity contribution in [2.75, 3.05) is 19.8 Å². The summed E-state index contributed by atoms with van der Waals surface area (Å²) in [6.07, 6.45) is 43.2. The molecule has 6 N–H and O–H groups in total. The number of aliphatic hydroxyl groups is 5. The summed E-state index contributed by atoms with van der Waals surface area (Å²) in [6.45, 7) is 3.97. The first-order valence-corrected chi connectivity index (χ1v) is 25.6. The molecule has 6 unspecified atom stereocenters. The zero-order valence-corrected chi connectivity index (χ0v) is 39.9. The lowest BCUT2D eigenvalue weighted by Crippen LogP contribution is -2.64. The van der Waals surface area contributed by atoms with Gasteiger partial charge in [0.05, 0.1) is 13.2 Å². The molecule has 0 heterocycles. The molecule has 6 atom stereocenters. The van der Waals surface area contributed by atoms with Crippen molar-refractivity contribution in [3.63, 3.8) is 0 Å². The average molecular weight is 921 g/mol. The van der Waals surface area contributed by atoms with Crippen LogP contribution in [-0.4, -0.2) is 98.9 Å². The van der Waals surface area contributed by atoms with Crippen LogP contribution in [0.15, 0.2) is 97.2 Å². The first-order chi connectivity index (χ1) is 31.0. The van der Waals surface area contributed by atoms with E-state index in [0.717, 1.165) is 109 Å². The monoisotopic (exact) mass is 921 g/mol. The second kappa shape index (κ2) is 40.5. The Morgan fingerprint density at radius 2 is 0.875 bits per heavy atom. The van der Waals surface area contributed by atoms with E-state index < -0.39 is 63.1 Å². The van der Waals surface area contributed by atoms with Gasteiger partial charge in [-0.3, -0.25) is 13.8 Å². The molecular weight excluding hydrogens is 836 g/mol. The van der Waals surface area contributed by atoms with Crippen molar-refractivity contribution in [2.24, 2.45) is 0 Å². The minimum atomic E-state index is -5.04. The van der Waals surface area contributed by atoms with Gasteiger partial charge in [0.25, 0.3) is 0 Å². The van der Waals surface area contributed by atoms with E-state index in [-0.39, 0.29) is 13.0 Å². The highest BCUT2D eigenvalue weighted by Crippen LogP contribution is 2.47. The van der Waals surface area contributed by atoms with Crippen molar-refractivity contribution < 1.29 is 58.3 Å². The van der Waals surface area contributed by atoms with Gasteiger partial charge in [-0.2, -0.15) is 0 Å². The van der Waals surface area contributed by atoms with Gasteiger partial charge in [0, 0.05) is 13.0 Å². The van der Waals surface area contributed by atoms with Gasteiger partial charge in [-0.05, 0) is 89.9 Å². The smallest absolute Gasteiger partial charge is 0.457 e. The Kier molecular flexibility index (Phi) is 37.5. The van der Waals surface area contributed by atoms with Crippen molar-refractivity contribution >= 4 is 13.8 Å². The van der Waals surface area contributed by atoms with Crippen LogP contribution in [0.2, 0.25) is 0 Å². The molecule has 0 amide bonds. The summed E-state index contributed by atoms with van der Waals surface area (Å²) >= 11 is 0. The third kappa shape index (κ3) is 32.0. The molecule has 0 aromatic rings. The number of phosphoric ester groups is 1. The molecule has 1 fully saturated rings. The number of rotatable bonds is 39. The highest BCUT2D eigenvalue weighted by Gasteiger charge is 2.51. The molecule has 64 heavy (non-hydrogen) atoms. The van der Waals surface area contributed by atoms with Crippen LogP contribution in [0.25, 0.3) is 0 Å². The van der Waals surface area contributed by atoms with Crippen LogP contribution in [-0.2, 0) is 27.9 Å². The minimum absolute atomic E-state index is 0.101. The maximum Gasteiger partial charge on any atom is 0.472 e. The Morgan fingerprint density at radius 3 is 1.33 bits per heavy atom. The van der Waals surface area contributed by atoms with E-state index in [9.17, 15) is 39.8 Å². The standard InChI is InChI=1S/C51H85O12P/c1-3-5-7-9-11-13-15-17-19-21-22-23-25-27-29-31-33-35-37-39-41-60-42-44(43-61-64(58,59)63-51-49(56)47(54)46(53)48(55)50(51)57)62-45(52)40-38-36-34-32-30-28-26-24-20-18-16-14-12-10-8-6-4-2/h5-8,11-14,17-20,22-23,26,28,44,46-51,53-57H,3-4,9-10,15-16,21,24-25,27,29-43H2,1-2H3,(H,58,59)/b7-5-,8-6-,13-11-,14-12-,19-17-,20-18-,23-22-,28-26-. The number of unbranched alkanes of at least 4 members (excludes halogenated alkanes) is 11. The van der Waals surface area contributed by atoms with E-state index in [1.165, 1.54) is 19.3 Å². The molecule has 366 valence electrons. The van der Waals surface area contributed by atoms with Crippen LogP contribution < -0.4 is 0 Å². The lowest BCUT2D eigenvalue weighted by atomic mass is 9.85. The summed E-state index contributed by atoms with van der Waals surface area (Å²) in [5, 5.41) is 50.2. The summed E-state index contributed by atoms with van der Waals surface area (Å²) in [7, 11) is -5.04. The largest absolute Gasteiger partial charge is 0.472 e. The number of hydrogen-bond acceptors (Lipinski definition) is 11. The highest BCUT2D eigenvalue weighted by atomic mass is 31.2. The van der Waals surface area contributed by atoms with Crippen LogP contribution in [0.1, 0.15) is 155 Å². The van der Waals surface area contributed by atoms with Gasteiger partial charge in [0.15, 0.2) is 0 Å². The molecule has 0 saturated heterocycles. The molecule has 0 aromatic carbocycles. The van der Waals surface area contributed by atoms with Crippen molar-refractivity contribution in [1.82, 2.24) is 0 Å². The van der Waals surface area contributed by atoms with E-state index in [1.54, 1.807) is 0 Å². The average Bonchev–Trinajstić information content (AvgIpc) is 3.28. The van der Waals surface area contributed by atoms with Gasteiger partial charge in [-0.15, -0.1) is 0 Å². The number of esters is 1. The van der Waals surface area contributed by atoms with E-state index in [2.05, 4.69) is 111 Å². The zero-order valence-electron chi connectivity index (χ0n) is 39.0. The van der Waals surface area contributed by atoms with Gasteiger partial charge < -0.3 is 39.9 Å². The summed E-state index contributed by atoms with van der Waals surface area (Å²) < 4.78 is 34.2. The molecule has 0 bridgehead atoms. The van der Waals surface area contributed by atoms with Crippen molar-refractivity contribution in [1.29, 1.82) is 0 Å². The van der Waals surface area contributed by atoms with Crippen LogP contribution in [0.4, 0.5) is 0 Å². The summed E-state index contributed by atoms with van der Waals surface area (Å²) in [5.74, 6) is -0.509. The zero-order chi connectivity index (χ0) is 46.9. The highest BCUT2D eigenvalue weighted by molar-refractivity contribution is 7.47. The number of carbonyl (C=O) groups is 1. The number of aliphatic hydroxyl groups excluding tert-OH is 5. The van der Waals surface area contributed by atoms with Gasteiger partial charge in [-0.1, -0.05) is 156 Å². The number of ether oxygens (including phenoxy) is 2. The van der Waals surface area contributed by atoms with Crippen LogP contribution >= 0.6 is 7.82 Å². The van der Waals surface area contributed by atoms with E-state index in [1.807, 2.05) is 0 Å². The van der Waals surface area contributed by atoms with Gasteiger partial charge >= 0.3 is 13.8 Å². The molecule has 0 aliphatic heterocycles. The normalized spacial score (nSPS) is 22.6. The lowest BCUT2D eigenvalue weighted by Gasteiger charge is -2.41. The Hall–Kier alpha value is -2.74. The second-order valence-electron chi connectivity index (χ2n) is 16.2. The summed E-state index contributed by atoms with van der Waals surface area (Å²) in [6, 6.07) is 0. The van der Waals surface area contributed by atoms with E-state index in [4.69, 9.17) is 18.5 Å². The maximum absolute atomic E-state index is 12.8. The predicted octanol–water partition coefficient (Wildman–Crippen LogP) is 10.3. The number of allylic oxidation sites excluding steroid dienone is 16. The SMILES string of the molecule is CC/C=C\C/C=C\C/C=C\C/C=C\CCCCCCCCCOCC(COP(=O)(O)OC1C(O)C(O)C(O)C(O)C1O)OC(=O)CCCCCC/C=C\C/C=C\C/C=C\C/C=C\CC. The Labute approximate surface area is 385 Å². The van der Waals surface area contributed by atoms with E-state index >= 15 is 0 Å². The first-order valence-electron chi connectivity index (χ1n) is 24.1. The Morgan fingerprint density at radius 1 is 0.500 bits per heavy atom. The topological polar surface area (TPSA) is 192 Å². The number of carbonyl (C=O) groups excluding carboxylic acids is 1. The fourth-order valence-corrected chi connectivity index (χ4v) is 7.66. The third-order valence-corrected chi connectivity index (χ3v) is 11.4. The first kappa shape index (κ1) is 59.3. The summed E-state index contributed by atoms with van der Waals surface area (Å²) in [4.78, 5) is 23.2. The molecule has 1 aliphatic carbocycles.